The molecule has 0 rings (SSSR count). The molecule has 0 saturated carbocycles. The molecule has 12 heteroatoms. The van der Waals surface area contributed by atoms with Gasteiger partial charge in [-0.1, -0.05) is 34.1 Å². The zero-order chi connectivity index (χ0) is 26.4. The van der Waals surface area contributed by atoms with Crippen LogP contribution in [-0.4, -0.2) is 70.9 Å². The number of carbonyl (C=O) groups is 5. The molecule has 11 nitrogen and oxygen atoms in total. The lowest BCUT2D eigenvalue weighted by atomic mass is 9.97. The number of carboxylic acid groups (broad SMARTS) is 1. The van der Waals surface area contributed by atoms with Crippen LogP contribution in [0.2, 0.25) is 0 Å². The highest BCUT2D eigenvalue weighted by Gasteiger charge is 2.31. The topological polar surface area (TPSA) is 194 Å². The maximum absolute atomic E-state index is 13.1. The number of nitrogens with two attached hydrogens (primary N) is 2. The van der Waals surface area contributed by atoms with Crippen LogP contribution in [-0.2, 0) is 24.0 Å². The third-order valence-electron chi connectivity index (χ3n) is 5.44. The number of carboxylic acids is 1. The highest BCUT2D eigenvalue weighted by Crippen LogP contribution is 2.10. The predicted octanol–water partition coefficient (Wildman–Crippen LogP) is -0.0365. The van der Waals surface area contributed by atoms with Crippen LogP contribution in [0.1, 0.15) is 59.8 Å². The molecule has 0 radical (unpaired) electrons. The molecule has 5 atom stereocenters. The minimum Gasteiger partial charge on any atom is -0.480 e. The molecule has 4 amide bonds. The van der Waals surface area contributed by atoms with Gasteiger partial charge in [-0.3, -0.25) is 19.2 Å². The van der Waals surface area contributed by atoms with Crippen LogP contribution in [0.25, 0.3) is 0 Å². The molecule has 34 heavy (non-hydrogen) atoms. The van der Waals surface area contributed by atoms with Crippen molar-refractivity contribution in [3.63, 3.8) is 0 Å². The van der Waals surface area contributed by atoms with Gasteiger partial charge in [-0.2, -0.15) is 11.8 Å². The molecule has 0 aliphatic rings. The molecule has 0 saturated heterocycles. The number of amides is 4. The number of carbonyl (C=O) groups excluding carboxylic acids is 4. The van der Waals surface area contributed by atoms with Gasteiger partial charge in [-0.25, -0.2) is 4.79 Å². The van der Waals surface area contributed by atoms with Gasteiger partial charge in [0.2, 0.25) is 23.6 Å². The van der Waals surface area contributed by atoms with E-state index in [0.717, 1.165) is 0 Å². The van der Waals surface area contributed by atoms with Gasteiger partial charge in [0.25, 0.3) is 0 Å². The van der Waals surface area contributed by atoms with E-state index in [-0.39, 0.29) is 31.1 Å². The van der Waals surface area contributed by atoms with Crippen molar-refractivity contribution in [1.29, 1.82) is 0 Å². The summed E-state index contributed by atoms with van der Waals surface area (Å²) >= 11 is 1.46. The number of nitrogens with one attached hydrogen (secondary N) is 3. The summed E-state index contributed by atoms with van der Waals surface area (Å²) in [5.74, 6) is -3.16. The van der Waals surface area contributed by atoms with Crippen molar-refractivity contribution in [2.24, 2.45) is 23.3 Å². The SMILES string of the molecule is CCC(C)C(N)C(=O)NC(CC(C)C)C(=O)NC(CCSC)C(=O)NC(CCC(N)=O)C(=O)O. The minimum atomic E-state index is -1.33. The monoisotopic (exact) mass is 503 g/mol. The fourth-order valence-electron chi connectivity index (χ4n) is 3.08. The third kappa shape index (κ3) is 12.2. The molecule has 196 valence electrons. The van der Waals surface area contributed by atoms with Gasteiger partial charge in [0.05, 0.1) is 6.04 Å². The Labute approximate surface area is 205 Å². The molecule has 0 aromatic carbocycles. The Kier molecular flexibility index (Phi) is 15.2. The number of primary amides is 1. The average molecular weight is 504 g/mol. The van der Waals surface area contributed by atoms with Crippen molar-refractivity contribution in [3.05, 3.63) is 0 Å². The Bertz CT molecular complexity index is 705. The van der Waals surface area contributed by atoms with E-state index < -0.39 is 53.8 Å². The second kappa shape index (κ2) is 16.3. The van der Waals surface area contributed by atoms with Gasteiger partial charge in [-0.15, -0.1) is 0 Å². The Morgan fingerprint density at radius 3 is 1.88 bits per heavy atom. The van der Waals surface area contributed by atoms with Crippen LogP contribution in [0.3, 0.4) is 0 Å². The molecule has 0 heterocycles. The summed E-state index contributed by atoms with van der Waals surface area (Å²) in [5.41, 5.74) is 11.1. The first kappa shape index (κ1) is 31.7. The van der Waals surface area contributed by atoms with Crippen LogP contribution < -0.4 is 27.4 Å². The maximum Gasteiger partial charge on any atom is 0.326 e. The number of aliphatic carboxylic acids is 1. The van der Waals surface area contributed by atoms with Crippen molar-refractivity contribution in [1.82, 2.24) is 16.0 Å². The largest absolute Gasteiger partial charge is 0.480 e. The van der Waals surface area contributed by atoms with Crippen LogP contribution in [0.15, 0.2) is 0 Å². The Hall–Kier alpha value is -2.34. The molecular weight excluding hydrogens is 462 g/mol. The molecule has 0 aromatic rings. The second-order valence-corrected chi connectivity index (χ2v) is 9.83. The average Bonchev–Trinajstić information content (AvgIpc) is 2.76. The Balaban J connectivity index is 5.50. The quantitative estimate of drug-likeness (QED) is 0.159. The van der Waals surface area contributed by atoms with E-state index in [2.05, 4.69) is 16.0 Å². The summed E-state index contributed by atoms with van der Waals surface area (Å²) in [6.45, 7) is 7.56. The first-order valence-corrected chi connectivity index (χ1v) is 12.9. The fraction of sp³-hybridized carbons (Fsp3) is 0.773. The van der Waals surface area contributed by atoms with Gasteiger partial charge in [0.15, 0.2) is 0 Å². The number of hydrogen-bond acceptors (Lipinski definition) is 7. The van der Waals surface area contributed by atoms with E-state index in [1.54, 1.807) is 0 Å². The maximum atomic E-state index is 13.1. The normalized spacial score (nSPS) is 15.5. The van der Waals surface area contributed by atoms with Crippen LogP contribution in [0, 0.1) is 11.8 Å². The number of thioether (sulfide) groups is 1. The van der Waals surface area contributed by atoms with Crippen LogP contribution >= 0.6 is 11.8 Å². The molecule has 0 spiro atoms. The standard InChI is InChI=1S/C22H41N5O6S/c1-6-13(4)18(24)21(31)27-16(11-12(2)3)20(30)25-14(9-10-34-5)19(29)26-15(22(32)33)7-8-17(23)28/h12-16,18H,6-11,24H2,1-5H3,(H2,23,28)(H,25,30)(H,26,29)(H,27,31)(H,32,33). The lowest BCUT2D eigenvalue weighted by Gasteiger charge is -2.27. The summed E-state index contributed by atoms with van der Waals surface area (Å²) in [6, 6.07) is -4.03. The molecular formula is C22H41N5O6S. The molecule has 0 aliphatic carbocycles. The van der Waals surface area contributed by atoms with E-state index in [9.17, 15) is 29.1 Å². The van der Waals surface area contributed by atoms with Crippen molar-refractivity contribution in [3.8, 4) is 0 Å². The van der Waals surface area contributed by atoms with Crippen molar-refractivity contribution < 1.29 is 29.1 Å². The lowest BCUT2D eigenvalue weighted by Crippen LogP contribution is -2.58. The predicted molar refractivity (Wildman–Crippen MR) is 132 cm³/mol. The van der Waals surface area contributed by atoms with Crippen molar-refractivity contribution in [2.75, 3.05) is 12.0 Å². The van der Waals surface area contributed by atoms with Crippen molar-refractivity contribution in [2.45, 2.75) is 84.0 Å². The number of rotatable bonds is 17. The van der Waals surface area contributed by atoms with Gasteiger partial charge in [0, 0.05) is 6.42 Å². The fourth-order valence-corrected chi connectivity index (χ4v) is 3.55. The van der Waals surface area contributed by atoms with Gasteiger partial charge in [0.1, 0.15) is 18.1 Å². The summed E-state index contributed by atoms with van der Waals surface area (Å²) in [4.78, 5) is 61.0. The molecule has 0 fully saturated rings. The van der Waals surface area contributed by atoms with Crippen molar-refractivity contribution >= 4 is 41.4 Å². The summed E-state index contributed by atoms with van der Waals surface area (Å²) in [5, 5.41) is 17.1. The van der Waals surface area contributed by atoms with Crippen LogP contribution in [0.4, 0.5) is 0 Å². The molecule has 0 bridgehead atoms. The molecule has 5 unspecified atom stereocenters. The first-order chi connectivity index (χ1) is 15.8. The highest BCUT2D eigenvalue weighted by atomic mass is 32.2. The van der Waals surface area contributed by atoms with Gasteiger partial charge in [-0.05, 0) is 43.1 Å². The highest BCUT2D eigenvalue weighted by molar-refractivity contribution is 7.98. The summed E-state index contributed by atoms with van der Waals surface area (Å²) < 4.78 is 0. The molecule has 0 aliphatic heterocycles. The van der Waals surface area contributed by atoms with Gasteiger partial charge >= 0.3 is 5.97 Å². The van der Waals surface area contributed by atoms with E-state index >= 15 is 0 Å². The van der Waals surface area contributed by atoms with E-state index in [1.165, 1.54) is 11.8 Å². The second-order valence-electron chi connectivity index (χ2n) is 8.85. The lowest BCUT2D eigenvalue weighted by molar-refractivity contribution is -0.142. The molecule has 8 N–H and O–H groups in total. The van der Waals surface area contributed by atoms with E-state index in [0.29, 0.717) is 18.6 Å². The third-order valence-corrected chi connectivity index (χ3v) is 6.08. The first-order valence-electron chi connectivity index (χ1n) is 11.5. The zero-order valence-electron chi connectivity index (χ0n) is 20.8. The zero-order valence-corrected chi connectivity index (χ0v) is 21.6. The smallest absolute Gasteiger partial charge is 0.326 e. The van der Waals surface area contributed by atoms with Crippen LogP contribution in [0.5, 0.6) is 0 Å². The summed E-state index contributed by atoms with van der Waals surface area (Å²) in [7, 11) is 0. The Morgan fingerprint density at radius 2 is 1.41 bits per heavy atom. The van der Waals surface area contributed by atoms with E-state index in [4.69, 9.17) is 11.5 Å². The summed E-state index contributed by atoms with van der Waals surface area (Å²) in [6.07, 6.45) is 2.74. The van der Waals surface area contributed by atoms with Gasteiger partial charge < -0.3 is 32.5 Å². The minimum absolute atomic E-state index is 0.0690. The molecule has 0 aromatic heterocycles. The Morgan fingerprint density at radius 1 is 0.882 bits per heavy atom. The van der Waals surface area contributed by atoms with E-state index in [1.807, 2.05) is 34.0 Å². The number of hydrogen-bond donors (Lipinski definition) is 6.